The van der Waals surface area contributed by atoms with Gasteiger partial charge in [0, 0.05) is 34.6 Å². The number of amides is 3. The number of piperidine rings is 1. The number of anilines is 1. The molecule has 0 aliphatic carbocycles. The van der Waals surface area contributed by atoms with Gasteiger partial charge in [0.15, 0.2) is 0 Å². The topological polar surface area (TPSA) is 133 Å². The van der Waals surface area contributed by atoms with Crippen LogP contribution in [0.5, 0.6) is 0 Å². The summed E-state index contributed by atoms with van der Waals surface area (Å²) in [5, 5.41) is 13.2. The highest BCUT2D eigenvalue weighted by Gasteiger charge is 2.38. The Morgan fingerprint density at radius 2 is 1.68 bits per heavy atom. The molecule has 0 saturated carbocycles. The van der Waals surface area contributed by atoms with Crippen molar-refractivity contribution >= 4 is 44.4 Å². The number of carbonyl (C=O) groups excluding carboxylic acids is 2. The zero-order chi connectivity index (χ0) is 26.7. The number of carboxylic acid groups (broad SMARTS) is 1. The molecule has 2 atom stereocenters. The van der Waals surface area contributed by atoms with Crippen molar-refractivity contribution in [2.75, 3.05) is 11.9 Å². The van der Waals surface area contributed by atoms with Gasteiger partial charge in [-0.1, -0.05) is 49.4 Å². The third-order valence-electron chi connectivity index (χ3n) is 6.83. The number of likely N-dealkylation sites (tertiary alicyclic amines) is 1. The van der Waals surface area contributed by atoms with Crippen molar-refractivity contribution in [3.05, 3.63) is 71.8 Å². The van der Waals surface area contributed by atoms with Crippen LogP contribution in [0.4, 0.5) is 10.5 Å². The van der Waals surface area contributed by atoms with Crippen molar-refractivity contribution in [3.63, 3.8) is 0 Å². The van der Waals surface area contributed by atoms with E-state index >= 15 is 0 Å². The number of fused-ring (bicyclic) bond motifs is 1. The number of benzene rings is 3. The molecule has 3 aromatic carbocycles. The number of rotatable bonds is 6. The van der Waals surface area contributed by atoms with Crippen LogP contribution in [0.1, 0.15) is 42.1 Å². The molecule has 0 radical (unpaired) electrons. The normalized spacial score (nSPS) is 17.8. The van der Waals surface area contributed by atoms with Crippen molar-refractivity contribution in [3.8, 4) is 0 Å². The maximum atomic E-state index is 13.4. The quantitative estimate of drug-likeness (QED) is 0.439. The molecule has 3 aromatic rings. The van der Waals surface area contributed by atoms with Gasteiger partial charge < -0.3 is 15.3 Å². The molecule has 194 valence electrons. The van der Waals surface area contributed by atoms with Gasteiger partial charge in [-0.25, -0.2) is 17.9 Å². The summed E-state index contributed by atoms with van der Waals surface area (Å²) in [6.07, 6.45) is 0.136. The van der Waals surface area contributed by atoms with Crippen LogP contribution in [0.3, 0.4) is 0 Å². The Bertz CT molecular complexity index is 1470. The van der Waals surface area contributed by atoms with Gasteiger partial charge in [-0.15, -0.1) is 0 Å². The van der Waals surface area contributed by atoms with Gasteiger partial charge in [0.1, 0.15) is 0 Å². The second-order valence-electron chi connectivity index (χ2n) is 9.10. The van der Waals surface area contributed by atoms with Crippen molar-refractivity contribution in [2.24, 2.45) is 5.92 Å². The van der Waals surface area contributed by atoms with Crippen LogP contribution in [0, 0.1) is 12.8 Å². The van der Waals surface area contributed by atoms with Gasteiger partial charge in [0.2, 0.25) is 5.91 Å². The molecule has 0 spiro atoms. The van der Waals surface area contributed by atoms with Crippen LogP contribution in [0.25, 0.3) is 10.8 Å². The van der Waals surface area contributed by atoms with E-state index in [2.05, 4.69) is 10.0 Å². The smallest absolute Gasteiger partial charge is 0.407 e. The van der Waals surface area contributed by atoms with E-state index in [1.54, 1.807) is 43.3 Å². The third-order valence-corrected chi connectivity index (χ3v) is 8.23. The zero-order valence-electron chi connectivity index (χ0n) is 20.6. The van der Waals surface area contributed by atoms with E-state index in [1.165, 1.54) is 17.0 Å². The number of nitrogens with zero attached hydrogens (tertiary/aromatic N) is 1. The monoisotopic (exact) mass is 523 g/mol. The Morgan fingerprint density at radius 3 is 2.35 bits per heavy atom. The first-order valence-electron chi connectivity index (χ1n) is 12.1. The number of nitrogens with one attached hydrogen (secondary N) is 2. The number of hydrogen-bond acceptors (Lipinski definition) is 5. The molecule has 1 fully saturated rings. The Kier molecular flexibility index (Phi) is 7.49. The minimum absolute atomic E-state index is 0.107. The van der Waals surface area contributed by atoms with Gasteiger partial charge in [-0.05, 0) is 49.9 Å². The van der Waals surface area contributed by atoms with Crippen molar-refractivity contribution < 1.29 is 27.9 Å². The van der Waals surface area contributed by atoms with Crippen molar-refractivity contribution in [2.45, 2.75) is 44.0 Å². The van der Waals surface area contributed by atoms with Crippen LogP contribution in [-0.2, 0) is 14.8 Å². The lowest BCUT2D eigenvalue weighted by Gasteiger charge is -2.38. The Hall–Kier alpha value is -3.92. The SMILES string of the molecule is CCC1C(C(=O)NS(=O)(=O)c2ccc(NC(=O)c3ccccc3C)c3ccccc23)CCCN1C(=O)O. The fraction of sp³-hybridized carbons (Fsp3) is 0.296. The molecule has 0 bridgehead atoms. The van der Waals surface area contributed by atoms with E-state index in [9.17, 15) is 27.9 Å². The number of hydrogen-bond donors (Lipinski definition) is 3. The predicted molar refractivity (Wildman–Crippen MR) is 140 cm³/mol. The van der Waals surface area contributed by atoms with Crippen molar-refractivity contribution in [1.82, 2.24) is 9.62 Å². The lowest BCUT2D eigenvalue weighted by Crippen LogP contribution is -2.52. The molecule has 1 saturated heterocycles. The highest BCUT2D eigenvalue weighted by Crippen LogP contribution is 2.31. The summed E-state index contributed by atoms with van der Waals surface area (Å²) in [6.45, 7) is 3.92. The van der Waals surface area contributed by atoms with E-state index in [1.807, 2.05) is 19.1 Å². The summed E-state index contributed by atoms with van der Waals surface area (Å²) >= 11 is 0. The van der Waals surface area contributed by atoms with Gasteiger partial charge >= 0.3 is 6.09 Å². The van der Waals surface area contributed by atoms with E-state index in [-0.39, 0.29) is 10.8 Å². The lowest BCUT2D eigenvalue weighted by molar-refractivity contribution is -0.126. The van der Waals surface area contributed by atoms with Crippen molar-refractivity contribution in [1.29, 1.82) is 0 Å². The molecule has 1 aliphatic heterocycles. The fourth-order valence-electron chi connectivity index (χ4n) is 5.00. The molecule has 1 heterocycles. The van der Waals surface area contributed by atoms with Gasteiger partial charge in [0.25, 0.3) is 15.9 Å². The van der Waals surface area contributed by atoms with Gasteiger partial charge in [0.05, 0.1) is 10.8 Å². The predicted octanol–water partition coefficient (Wildman–Crippen LogP) is 4.37. The van der Waals surface area contributed by atoms with Crippen LogP contribution in [-0.4, -0.2) is 48.9 Å². The average Bonchev–Trinajstić information content (AvgIpc) is 2.88. The minimum Gasteiger partial charge on any atom is -0.465 e. The molecule has 4 rings (SSSR count). The maximum Gasteiger partial charge on any atom is 0.407 e. The minimum atomic E-state index is -4.29. The third kappa shape index (κ3) is 5.29. The second kappa shape index (κ2) is 10.6. The molecule has 0 aromatic heterocycles. The van der Waals surface area contributed by atoms with E-state index in [0.29, 0.717) is 47.8 Å². The van der Waals surface area contributed by atoms with Crippen LogP contribution in [0.15, 0.2) is 65.6 Å². The average molecular weight is 524 g/mol. The largest absolute Gasteiger partial charge is 0.465 e. The van der Waals surface area contributed by atoms with Crippen LogP contribution < -0.4 is 10.0 Å². The fourth-order valence-corrected chi connectivity index (χ4v) is 6.24. The van der Waals surface area contributed by atoms with E-state index in [0.717, 1.165) is 5.56 Å². The standard InChI is InChI=1S/C27H29N3O6S/c1-3-23-21(13-8-16-30(23)27(33)34)26(32)29-37(35,36)24-15-14-22(19-11-6-7-12-20(19)24)28-25(31)18-10-5-4-9-17(18)2/h4-7,9-12,14-15,21,23H,3,8,13,16H2,1-2H3,(H,28,31)(H,29,32)(H,33,34). The molecule has 3 N–H and O–H groups in total. The molecule has 1 aliphatic rings. The van der Waals surface area contributed by atoms with Crippen LogP contribution >= 0.6 is 0 Å². The van der Waals surface area contributed by atoms with Gasteiger partial charge in [-0.2, -0.15) is 0 Å². The molecule has 9 nitrogen and oxygen atoms in total. The first-order chi connectivity index (χ1) is 17.6. The molecule has 37 heavy (non-hydrogen) atoms. The highest BCUT2D eigenvalue weighted by molar-refractivity contribution is 7.90. The summed E-state index contributed by atoms with van der Waals surface area (Å²) < 4.78 is 28.9. The summed E-state index contributed by atoms with van der Waals surface area (Å²) in [6, 6.07) is 16.1. The molecular weight excluding hydrogens is 494 g/mol. The van der Waals surface area contributed by atoms with E-state index < -0.39 is 34.0 Å². The highest BCUT2D eigenvalue weighted by atomic mass is 32.2. The first kappa shape index (κ1) is 26.2. The first-order valence-corrected chi connectivity index (χ1v) is 13.6. The zero-order valence-corrected chi connectivity index (χ0v) is 21.4. The summed E-state index contributed by atoms with van der Waals surface area (Å²) in [4.78, 5) is 38.7. The molecular formula is C27H29N3O6S. The Labute approximate surface area is 215 Å². The summed E-state index contributed by atoms with van der Waals surface area (Å²) in [7, 11) is -4.29. The molecule has 2 unspecified atom stereocenters. The Balaban J connectivity index is 1.63. The number of sulfonamides is 1. The molecule has 3 amide bonds. The lowest BCUT2D eigenvalue weighted by atomic mass is 9.87. The second-order valence-corrected chi connectivity index (χ2v) is 10.7. The van der Waals surface area contributed by atoms with Crippen LogP contribution in [0.2, 0.25) is 0 Å². The van der Waals surface area contributed by atoms with E-state index in [4.69, 9.17) is 0 Å². The van der Waals surface area contributed by atoms with Gasteiger partial charge in [-0.3, -0.25) is 9.59 Å². The number of aryl methyl sites for hydroxylation is 1. The number of carbonyl (C=O) groups is 3. The maximum absolute atomic E-state index is 13.4. The molecule has 10 heteroatoms. The summed E-state index contributed by atoms with van der Waals surface area (Å²) in [5.74, 6) is -1.82. The Morgan fingerprint density at radius 1 is 1.00 bits per heavy atom. The summed E-state index contributed by atoms with van der Waals surface area (Å²) in [5.41, 5.74) is 1.74.